The number of hydrogen-bond acceptors (Lipinski definition) is 6. The van der Waals surface area contributed by atoms with Crippen LogP contribution in [0.4, 0.5) is 0 Å². The van der Waals surface area contributed by atoms with E-state index in [9.17, 15) is 9.90 Å². The molecule has 0 radical (unpaired) electrons. The van der Waals surface area contributed by atoms with Crippen LogP contribution >= 0.6 is 0 Å². The van der Waals surface area contributed by atoms with Gasteiger partial charge in [0.05, 0.1) is 12.2 Å². The van der Waals surface area contributed by atoms with Gasteiger partial charge in [-0.25, -0.2) is 4.98 Å². The van der Waals surface area contributed by atoms with Gasteiger partial charge in [0, 0.05) is 57.4 Å². The molecule has 3 rings (SSSR count). The van der Waals surface area contributed by atoms with Crippen LogP contribution in [0.15, 0.2) is 10.9 Å². The highest BCUT2D eigenvalue weighted by molar-refractivity contribution is 5.03. The second kappa shape index (κ2) is 6.45. The van der Waals surface area contributed by atoms with Crippen molar-refractivity contribution in [1.82, 2.24) is 14.9 Å². The van der Waals surface area contributed by atoms with Gasteiger partial charge in [-0.15, -0.1) is 0 Å². The highest BCUT2D eigenvalue weighted by atomic mass is 16.5. The Kier molecular flexibility index (Phi) is 4.58. The molecule has 3 heterocycles. The van der Waals surface area contributed by atoms with Crippen LogP contribution in [0.2, 0.25) is 0 Å². The molecular formula is C15H23N3O4. The first kappa shape index (κ1) is 15.6. The molecule has 0 amide bonds. The highest BCUT2D eigenvalue weighted by Crippen LogP contribution is 2.25. The van der Waals surface area contributed by atoms with E-state index in [0.717, 1.165) is 6.54 Å². The van der Waals surface area contributed by atoms with Crippen LogP contribution < -0.4 is 5.56 Å². The van der Waals surface area contributed by atoms with E-state index in [-0.39, 0.29) is 11.7 Å². The lowest BCUT2D eigenvalue weighted by molar-refractivity contribution is -0.104. The quantitative estimate of drug-likeness (QED) is 0.817. The van der Waals surface area contributed by atoms with Gasteiger partial charge in [0.25, 0.3) is 5.56 Å². The van der Waals surface area contributed by atoms with E-state index in [0.29, 0.717) is 57.3 Å². The lowest BCUT2D eigenvalue weighted by atomic mass is 9.93. The van der Waals surface area contributed by atoms with Gasteiger partial charge in [0.15, 0.2) is 0 Å². The Morgan fingerprint density at radius 3 is 2.95 bits per heavy atom. The Labute approximate surface area is 129 Å². The number of rotatable bonds is 3. The van der Waals surface area contributed by atoms with Crippen molar-refractivity contribution in [2.75, 3.05) is 39.5 Å². The number of aromatic amines is 1. The van der Waals surface area contributed by atoms with Gasteiger partial charge in [0.2, 0.25) is 0 Å². The van der Waals surface area contributed by atoms with Crippen molar-refractivity contribution in [3.63, 3.8) is 0 Å². The van der Waals surface area contributed by atoms with Gasteiger partial charge in [-0.2, -0.15) is 0 Å². The highest BCUT2D eigenvalue weighted by Gasteiger charge is 2.34. The third-order valence-corrected chi connectivity index (χ3v) is 4.29. The summed E-state index contributed by atoms with van der Waals surface area (Å²) in [4.78, 5) is 20.9. The van der Waals surface area contributed by atoms with Gasteiger partial charge in [0.1, 0.15) is 11.9 Å². The zero-order chi connectivity index (χ0) is 15.6. The first-order valence-corrected chi connectivity index (χ1v) is 7.76. The molecule has 0 unspecified atom stereocenters. The Hall–Kier alpha value is -1.28. The minimum absolute atomic E-state index is 0.161. The molecule has 2 saturated heterocycles. The van der Waals surface area contributed by atoms with E-state index in [1.54, 1.807) is 6.92 Å². The normalized spacial score (nSPS) is 26.0. The van der Waals surface area contributed by atoms with Crippen LogP contribution in [0.5, 0.6) is 0 Å². The summed E-state index contributed by atoms with van der Waals surface area (Å²) in [6.45, 7) is 5.57. The molecule has 22 heavy (non-hydrogen) atoms. The predicted molar refractivity (Wildman–Crippen MR) is 79.7 cm³/mol. The third kappa shape index (κ3) is 3.73. The number of aromatic nitrogens is 2. The standard InChI is InChI=1S/C15H23N3O4/c1-11-8-13(19)17-14(16-11)12-9-18(4-7-22-12)10-15(20)2-5-21-6-3-15/h8,12,20H,2-7,9-10H2,1H3,(H,16,17,19)/t12-/m1/s1. The number of ether oxygens (including phenoxy) is 2. The summed E-state index contributed by atoms with van der Waals surface area (Å²) >= 11 is 0. The second-order valence-corrected chi connectivity index (χ2v) is 6.20. The van der Waals surface area contributed by atoms with Gasteiger partial charge >= 0.3 is 0 Å². The van der Waals surface area contributed by atoms with E-state index in [1.807, 2.05) is 0 Å². The number of hydrogen-bond donors (Lipinski definition) is 2. The second-order valence-electron chi connectivity index (χ2n) is 6.20. The maximum absolute atomic E-state index is 11.6. The van der Waals surface area contributed by atoms with Crippen molar-refractivity contribution in [1.29, 1.82) is 0 Å². The summed E-state index contributed by atoms with van der Waals surface area (Å²) in [5.41, 5.74) is -0.165. The molecule has 2 N–H and O–H groups in total. The Bertz CT molecular complexity index is 568. The summed E-state index contributed by atoms with van der Waals surface area (Å²) in [5.74, 6) is 0.564. The number of β-amino-alcohol motifs (C(OH)–C–C–N with tert-alkyl or cyclic N) is 1. The van der Waals surface area contributed by atoms with Crippen molar-refractivity contribution < 1.29 is 14.6 Å². The molecule has 1 aromatic rings. The summed E-state index contributed by atoms with van der Waals surface area (Å²) in [5, 5.41) is 10.6. The van der Waals surface area contributed by atoms with Crippen LogP contribution in [0.1, 0.15) is 30.5 Å². The molecule has 0 aliphatic carbocycles. The predicted octanol–water partition coefficient (Wildman–Crippen LogP) is -0.00688. The fraction of sp³-hybridized carbons (Fsp3) is 0.733. The Morgan fingerprint density at radius 2 is 2.23 bits per heavy atom. The number of nitrogens with zero attached hydrogens (tertiary/aromatic N) is 2. The minimum Gasteiger partial charge on any atom is -0.388 e. The Balaban J connectivity index is 1.67. The van der Waals surface area contributed by atoms with Crippen LogP contribution in [-0.2, 0) is 9.47 Å². The van der Waals surface area contributed by atoms with E-state index in [4.69, 9.17) is 9.47 Å². The molecule has 7 heteroatoms. The topological polar surface area (TPSA) is 87.7 Å². The molecular weight excluding hydrogens is 286 g/mol. The zero-order valence-corrected chi connectivity index (χ0v) is 12.9. The molecule has 0 saturated carbocycles. The first-order valence-electron chi connectivity index (χ1n) is 7.76. The fourth-order valence-corrected chi connectivity index (χ4v) is 3.09. The zero-order valence-electron chi connectivity index (χ0n) is 12.9. The van der Waals surface area contributed by atoms with Crippen molar-refractivity contribution in [3.05, 3.63) is 27.9 Å². The van der Waals surface area contributed by atoms with Crippen molar-refractivity contribution in [2.24, 2.45) is 0 Å². The van der Waals surface area contributed by atoms with Crippen LogP contribution in [0.3, 0.4) is 0 Å². The maximum Gasteiger partial charge on any atom is 0.251 e. The van der Waals surface area contributed by atoms with Gasteiger partial charge < -0.3 is 19.6 Å². The Morgan fingerprint density at radius 1 is 1.45 bits per heavy atom. The molecule has 122 valence electrons. The molecule has 2 aliphatic rings. The van der Waals surface area contributed by atoms with Crippen LogP contribution in [-0.4, -0.2) is 65.0 Å². The molecule has 1 atom stereocenters. The number of aliphatic hydroxyl groups is 1. The fourth-order valence-electron chi connectivity index (χ4n) is 3.09. The molecule has 0 aromatic carbocycles. The average Bonchev–Trinajstić information content (AvgIpc) is 2.47. The largest absolute Gasteiger partial charge is 0.388 e. The van der Waals surface area contributed by atoms with Crippen LogP contribution in [0.25, 0.3) is 0 Å². The molecule has 2 fully saturated rings. The molecule has 7 nitrogen and oxygen atoms in total. The molecule has 1 aromatic heterocycles. The van der Waals surface area contributed by atoms with Gasteiger partial charge in [-0.1, -0.05) is 0 Å². The van der Waals surface area contributed by atoms with E-state index in [1.165, 1.54) is 6.07 Å². The van der Waals surface area contributed by atoms with E-state index < -0.39 is 5.60 Å². The minimum atomic E-state index is -0.687. The lowest BCUT2D eigenvalue weighted by Crippen LogP contribution is -2.50. The summed E-state index contributed by atoms with van der Waals surface area (Å²) in [6, 6.07) is 1.47. The number of aryl methyl sites for hydroxylation is 1. The smallest absolute Gasteiger partial charge is 0.251 e. The number of morpholine rings is 1. The lowest BCUT2D eigenvalue weighted by Gasteiger charge is -2.40. The van der Waals surface area contributed by atoms with Crippen molar-refractivity contribution in [3.8, 4) is 0 Å². The van der Waals surface area contributed by atoms with Crippen molar-refractivity contribution in [2.45, 2.75) is 31.5 Å². The summed E-state index contributed by atoms with van der Waals surface area (Å²) < 4.78 is 11.1. The van der Waals surface area contributed by atoms with Crippen molar-refractivity contribution >= 4 is 0 Å². The third-order valence-electron chi connectivity index (χ3n) is 4.29. The molecule has 0 spiro atoms. The number of H-pyrrole nitrogens is 1. The maximum atomic E-state index is 11.6. The summed E-state index contributed by atoms with van der Waals surface area (Å²) in [6.07, 6.45) is 1.06. The van der Waals surface area contributed by atoms with Crippen LogP contribution in [0, 0.1) is 6.92 Å². The average molecular weight is 309 g/mol. The SMILES string of the molecule is Cc1cc(=O)[nH]c([C@H]2CN(CC3(O)CCOCC3)CCO2)n1. The van der Waals surface area contributed by atoms with Gasteiger partial charge in [-0.3, -0.25) is 9.69 Å². The van der Waals surface area contributed by atoms with E-state index in [2.05, 4.69) is 14.9 Å². The molecule has 2 aliphatic heterocycles. The monoisotopic (exact) mass is 309 g/mol. The van der Waals surface area contributed by atoms with Gasteiger partial charge in [-0.05, 0) is 6.92 Å². The number of nitrogens with one attached hydrogen (secondary N) is 1. The molecule has 0 bridgehead atoms. The summed E-state index contributed by atoms with van der Waals surface area (Å²) in [7, 11) is 0. The van der Waals surface area contributed by atoms with E-state index >= 15 is 0 Å². The first-order chi connectivity index (χ1) is 10.5.